The Kier molecular flexibility index (Phi) is 3.92. The Morgan fingerprint density at radius 1 is 1.43 bits per heavy atom. The monoisotopic (exact) mass is 286 g/mol. The maximum absolute atomic E-state index is 12.2. The largest absolute Gasteiger partial charge is 0.352 e. The molecule has 0 spiro atoms. The van der Waals surface area contributed by atoms with Crippen LogP contribution in [0.3, 0.4) is 0 Å². The van der Waals surface area contributed by atoms with E-state index in [1.165, 1.54) is 19.4 Å². The Labute approximate surface area is 125 Å². The molecule has 1 saturated heterocycles. The smallest absolute Gasteiger partial charge is 0.251 e. The van der Waals surface area contributed by atoms with Crippen LogP contribution in [-0.4, -0.2) is 46.5 Å². The van der Waals surface area contributed by atoms with Crippen LogP contribution in [0.25, 0.3) is 11.0 Å². The summed E-state index contributed by atoms with van der Waals surface area (Å²) in [6.07, 6.45) is 5.30. The predicted octanol–water partition coefficient (Wildman–Crippen LogP) is 1.79. The quantitative estimate of drug-likeness (QED) is 0.932. The van der Waals surface area contributed by atoms with E-state index >= 15 is 0 Å². The van der Waals surface area contributed by atoms with Gasteiger partial charge in [0.1, 0.15) is 0 Å². The summed E-state index contributed by atoms with van der Waals surface area (Å²) in [5, 5.41) is 3.02. The number of hydrogen-bond donors (Lipinski definition) is 1. The molecule has 1 aromatic heterocycles. The van der Waals surface area contributed by atoms with Crippen LogP contribution in [0.4, 0.5) is 0 Å². The summed E-state index contributed by atoms with van der Waals surface area (Å²) < 4.78 is 1.95. The van der Waals surface area contributed by atoms with E-state index in [9.17, 15) is 4.79 Å². The SMILES string of the molecule is CN1CCCC1CCNC(=O)c1ccc2c(c1)ncn2C. The zero-order valence-corrected chi connectivity index (χ0v) is 12.7. The molecule has 1 amide bonds. The lowest BCUT2D eigenvalue weighted by atomic mass is 10.1. The molecule has 1 aliphatic heterocycles. The van der Waals surface area contributed by atoms with Gasteiger partial charge in [-0.2, -0.15) is 0 Å². The number of aryl methyl sites for hydroxylation is 1. The molecule has 112 valence electrons. The van der Waals surface area contributed by atoms with Gasteiger partial charge in [-0.05, 0) is 51.1 Å². The summed E-state index contributed by atoms with van der Waals surface area (Å²) in [5.74, 6) is -0.0109. The number of carbonyl (C=O) groups is 1. The normalized spacial score (nSPS) is 19.2. The predicted molar refractivity (Wildman–Crippen MR) is 83.3 cm³/mol. The lowest BCUT2D eigenvalue weighted by Gasteiger charge is -2.19. The number of carbonyl (C=O) groups excluding carboxylic acids is 1. The molecule has 1 N–H and O–H groups in total. The first-order chi connectivity index (χ1) is 10.1. The van der Waals surface area contributed by atoms with Crippen LogP contribution in [0.5, 0.6) is 0 Å². The molecule has 1 atom stereocenters. The van der Waals surface area contributed by atoms with Gasteiger partial charge in [-0.3, -0.25) is 4.79 Å². The number of hydrogen-bond acceptors (Lipinski definition) is 3. The van der Waals surface area contributed by atoms with Gasteiger partial charge in [0.25, 0.3) is 5.91 Å². The minimum atomic E-state index is -0.0109. The van der Waals surface area contributed by atoms with E-state index < -0.39 is 0 Å². The van der Waals surface area contributed by atoms with Crippen molar-refractivity contribution in [1.29, 1.82) is 0 Å². The third-order valence-corrected chi connectivity index (χ3v) is 4.42. The van der Waals surface area contributed by atoms with Crippen molar-refractivity contribution in [2.45, 2.75) is 25.3 Å². The molecule has 1 unspecified atom stereocenters. The summed E-state index contributed by atoms with van der Waals surface area (Å²) in [4.78, 5) is 18.9. The minimum Gasteiger partial charge on any atom is -0.352 e. The third kappa shape index (κ3) is 2.93. The number of rotatable bonds is 4. The molecular weight excluding hydrogens is 264 g/mol. The Morgan fingerprint density at radius 2 is 2.29 bits per heavy atom. The summed E-state index contributed by atoms with van der Waals surface area (Å²) in [6.45, 7) is 1.91. The van der Waals surface area contributed by atoms with Crippen LogP contribution < -0.4 is 5.32 Å². The van der Waals surface area contributed by atoms with E-state index in [-0.39, 0.29) is 5.91 Å². The van der Waals surface area contributed by atoms with Gasteiger partial charge in [-0.1, -0.05) is 0 Å². The molecule has 1 aromatic carbocycles. The number of benzene rings is 1. The molecule has 5 nitrogen and oxygen atoms in total. The number of fused-ring (bicyclic) bond motifs is 1. The van der Waals surface area contributed by atoms with E-state index in [1.807, 2.05) is 29.8 Å². The zero-order chi connectivity index (χ0) is 14.8. The molecule has 21 heavy (non-hydrogen) atoms. The van der Waals surface area contributed by atoms with Crippen LogP contribution in [0.2, 0.25) is 0 Å². The molecule has 2 aromatic rings. The standard InChI is InChI=1S/C16H22N4O/c1-19-9-3-4-13(19)7-8-17-16(21)12-5-6-15-14(10-12)18-11-20(15)2/h5-6,10-11,13H,3-4,7-9H2,1-2H3,(H,17,21). The molecule has 0 radical (unpaired) electrons. The molecule has 2 heterocycles. The highest BCUT2D eigenvalue weighted by molar-refractivity contribution is 5.97. The fourth-order valence-electron chi connectivity index (χ4n) is 3.08. The van der Waals surface area contributed by atoms with Crippen molar-refractivity contribution >= 4 is 16.9 Å². The number of amides is 1. The van der Waals surface area contributed by atoms with E-state index in [0.29, 0.717) is 11.6 Å². The first-order valence-corrected chi connectivity index (χ1v) is 7.54. The van der Waals surface area contributed by atoms with Gasteiger partial charge >= 0.3 is 0 Å². The average molecular weight is 286 g/mol. The Bertz CT molecular complexity index is 649. The maximum Gasteiger partial charge on any atom is 0.251 e. The summed E-state index contributed by atoms with van der Waals surface area (Å²) >= 11 is 0. The summed E-state index contributed by atoms with van der Waals surface area (Å²) in [6, 6.07) is 6.28. The van der Waals surface area contributed by atoms with Gasteiger partial charge in [-0.25, -0.2) is 4.98 Å². The minimum absolute atomic E-state index is 0.0109. The van der Waals surface area contributed by atoms with Crippen molar-refractivity contribution in [1.82, 2.24) is 19.8 Å². The Hall–Kier alpha value is -1.88. The first-order valence-electron chi connectivity index (χ1n) is 7.54. The lowest BCUT2D eigenvalue weighted by molar-refractivity contribution is 0.0950. The van der Waals surface area contributed by atoms with Gasteiger partial charge in [0.15, 0.2) is 0 Å². The van der Waals surface area contributed by atoms with E-state index in [2.05, 4.69) is 22.2 Å². The molecule has 0 bridgehead atoms. The number of nitrogens with zero attached hydrogens (tertiary/aromatic N) is 3. The lowest BCUT2D eigenvalue weighted by Crippen LogP contribution is -2.31. The van der Waals surface area contributed by atoms with Crippen LogP contribution >= 0.6 is 0 Å². The van der Waals surface area contributed by atoms with Crippen molar-refractivity contribution in [3.8, 4) is 0 Å². The van der Waals surface area contributed by atoms with Crippen molar-refractivity contribution in [3.05, 3.63) is 30.1 Å². The Balaban J connectivity index is 1.58. The van der Waals surface area contributed by atoms with Crippen LogP contribution in [-0.2, 0) is 7.05 Å². The molecule has 0 aliphatic carbocycles. The molecular formula is C16H22N4O. The second kappa shape index (κ2) is 5.85. The number of aromatic nitrogens is 2. The van der Waals surface area contributed by atoms with E-state index in [4.69, 9.17) is 0 Å². The molecule has 0 saturated carbocycles. The highest BCUT2D eigenvalue weighted by atomic mass is 16.1. The van der Waals surface area contributed by atoms with Gasteiger partial charge in [0.05, 0.1) is 17.4 Å². The number of likely N-dealkylation sites (tertiary alicyclic amines) is 1. The van der Waals surface area contributed by atoms with Gasteiger partial charge in [0.2, 0.25) is 0 Å². The first kappa shape index (κ1) is 14.1. The molecule has 1 aliphatic rings. The summed E-state index contributed by atoms with van der Waals surface area (Å²) in [7, 11) is 4.11. The van der Waals surface area contributed by atoms with Gasteiger partial charge in [-0.15, -0.1) is 0 Å². The van der Waals surface area contributed by atoms with E-state index in [0.717, 1.165) is 24.0 Å². The number of nitrogens with one attached hydrogen (secondary N) is 1. The fraction of sp³-hybridized carbons (Fsp3) is 0.500. The second-order valence-corrected chi connectivity index (χ2v) is 5.88. The van der Waals surface area contributed by atoms with Gasteiger partial charge < -0.3 is 14.8 Å². The summed E-state index contributed by atoms with van der Waals surface area (Å²) in [5.41, 5.74) is 2.58. The highest BCUT2D eigenvalue weighted by Gasteiger charge is 2.20. The van der Waals surface area contributed by atoms with Crippen LogP contribution in [0, 0.1) is 0 Å². The van der Waals surface area contributed by atoms with Crippen LogP contribution in [0.15, 0.2) is 24.5 Å². The molecule has 1 fully saturated rings. The second-order valence-electron chi connectivity index (χ2n) is 5.88. The Morgan fingerprint density at radius 3 is 3.05 bits per heavy atom. The fourth-order valence-corrected chi connectivity index (χ4v) is 3.08. The van der Waals surface area contributed by atoms with Crippen LogP contribution in [0.1, 0.15) is 29.6 Å². The molecule has 3 rings (SSSR count). The van der Waals surface area contributed by atoms with Gasteiger partial charge in [0, 0.05) is 25.2 Å². The highest BCUT2D eigenvalue weighted by Crippen LogP contribution is 2.17. The third-order valence-electron chi connectivity index (χ3n) is 4.42. The van der Waals surface area contributed by atoms with Crippen molar-refractivity contribution in [3.63, 3.8) is 0 Å². The van der Waals surface area contributed by atoms with Crippen molar-refractivity contribution in [2.24, 2.45) is 7.05 Å². The van der Waals surface area contributed by atoms with Crippen molar-refractivity contribution < 1.29 is 4.79 Å². The topological polar surface area (TPSA) is 50.2 Å². The average Bonchev–Trinajstić information content (AvgIpc) is 3.05. The number of imidazole rings is 1. The zero-order valence-electron chi connectivity index (χ0n) is 12.7. The maximum atomic E-state index is 12.2. The molecule has 5 heteroatoms. The van der Waals surface area contributed by atoms with Crippen molar-refractivity contribution in [2.75, 3.05) is 20.1 Å². The van der Waals surface area contributed by atoms with E-state index in [1.54, 1.807) is 6.33 Å².